The first kappa shape index (κ1) is 62.1. The maximum Gasteiger partial charge on any atom is 0.306 e. The van der Waals surface area contributed by atoms with Gasteiger partial charge in [0, 0.05) is 19.3 Å². The number of unbranched alkanes of at least 4 members (excludes halogenated alkanes) is 31. The van der Waals surface area contributed by atoms with E-state index in [4.69, 9.17) is 14.2 Å². The summed E-state index contributed by atoms with van der Waals surface area (Å²) in [7, 11) is 0. The van der Waals surface area contributed by atoms with E-state index in [0.717, 1.165) is 109 Å². The van der Waals surface area contributed by atoms with Gasteiger partial charge in [-0.15, -0.1) is 0 Å². The Morgan fingerprint density at radius 2 is 0.662 bits per heavy atom. The molecule has 0 amide bonds. The van der Waals surface area contributed by atoms with E-state index in [0.29, 0.717) is 19.3 Å². The lowest BCUT2D eigenvalue weighted by Crippen LogP contribution is -2.30. The standard InChI is InChI=1S/C59H104O6/c1-4-7-10-13-16-19-22-25-27-29-31-32-34-37-40-43-46-49-52-58(61)64-55-56(54-63-57(60)51-48-45-42-39-36-24-21-18-15-12-9-6-3)65-59(62)53-50-47-44-41-38-35-33-30-28-26-23-20-17-14-11-8-5-2/h9,12,18,21-22,25,27,29,31-32,56H,4-8,10-11,13-17,19-20,23-24,26,28,30,33-55H2,1-3H3/b12-9-,21-18-,25-22-,29-27-,32-31-. The number of ether oxygens (including phenoxy) is 3. The summed E-state index contributed by atoms with van der Waals surface area (Å²) in [6.07, 6.45) is 66.4. The lowest BCUT2D eigenvalue weighted by atomic mass is 10.0. The minimum Gasteiger partial charge on any atom is -0.462 e. The molecule has 6 nitrogen and oxygen atoms in total. The molecule has 0 saturated carbocycles. The molecule has 0 aromatic heterocycles. The number of rotatable bonds is 50. The molecule has 0 heterocycles. The van der Waals surface area contributed by atoms with Crippen LogP contribution in [0, 0.1) is 0 Å². The second kappa shape index (κ2) is 53.7. The lowest BCUT2D eigenvalue weighted by molar-refractivity contribution is -0.167. The van der Waals surface area contributed by atoms with Crippen LogP contribution in [0.15, 0.2) is 60.8 Å². The van der Waals surface area contributed by atoms with Crippen LogP contribution in [0.5, 0.6) is 0 Å². The van der Waals surface area contributed by atoms with E-state index in [1.807, 2.05) is 0 Å². The van der Waals surface area contributed by atoms with Crippen molar-refractivity contribution in [1.29, 1.82) is 0 Å². The van der Waals surface area contributed by atoms with E-state index in [9.17, 15) is 14.4 Å². The largest absolute Gasteiger partial charge is 0.462 e. The van der Waals surface area contributed by atoms with E-state index in [-0.39, 0.29) is 31.1 Å². The van der Waals surface area contributed by atoms with E-state index in [1.165, 1.54) is 128 Å². The van der Waals surface area contributed by atoms with Gasteiger partial charge in [0.1, 0.15) is 13.2 Å². The number of esters is 3. The molecule has 1 unspecified atom stereocenters. The monoisotopic (exact) mass is 909 g/mol. The summed E-state index contributed by atoms with van der Waals surface area (Å²) >= 11 is 0. The third-order valence-electron chi connectivity index (χ3n) is 12.1. The molecule has 0 rings (SSSR count). The van der Waals surface area contributed by atoms with Gasteiger partial charge in [0.2, 0.25) is 0 Å². The molecule has 0 aliphatic heterocycles. The zero-order valence-electron chi connectivity index (χ0n) is 43.0. The summed E-state index contributed by atoms with van der Waals surface area (Å²) < 4.78 is 16.8. The Balaban J connectivity index is 4.39. The minimum atomic E-state index is -0.786. The Hall–Kier alpha value is -2.89. The first-order valence-corrected chi connectivity index (χ1v) is 27.8. The lowest BCUT2D eigenvalue weighted by Gasteiger charge is -2.18. The first-order valence-electron chi connectivity index (χ1n) is 27.8. The van der Waals surface area contributed by atoms with Crippen LogP contribution in [0.2, 0.25) is 0 Å². The number of allylic oxidation sites excluding steroid dienone is 10. The molecule has 0 aromatic rings. The molecule has 0 N–H and O–H groups in total. The summed E-state index contributed by atoms with van der Waals surface area (Å²) in [4.78, 5) is 38.1. The summed E-state index contributed by atoms with van der Waals surface area (Å²) in [5.41, 5.74) is 0. The van der Waals surface area contributed by atoms with Gasteiger partial charge in [0.05, 0.1) is 0 Å². The number of hydrogen-bond acceptors (Lipinski definition) is 6. The second-order valence-electron chi connectivity index (χ2n) is 18.5. The van der Waals surface area contributed by atoms with Gasteiger partial charge in [-0.2, -0.15) is 0 Å². The molecule has 376 valence electrons. The van der Waals surface area contributed by atoms with E-state index >= 15 is 0 Å². The third kappa shape index (κ3) is 51.9. The smallest absolute Gasteiger partial charge is 0.306 e. The average Bonchev–Trinajstić information content (AvgIpc) is 3.30. The maximum absolute atomic E-state index is 12.8. The summed E-state index contributed by atoms with van der Waals surface area (Å²) in [5.74, 6) is -0.910. The van der Waals surface area contributed by atoms with Crippen molar-refractivity contribution in [3.05, 3.63) is 60.8 Å². The van der Waals surface area contributed by atoms with Crippen LogP contribution in [0.1, 0.15) is 278 Å². The van der Waals surface area contributed by atoms with E-state index < -0.39 is 6.10 Å². The van der Waals surface area contributed by atoms with Crippen molar-refractivity contribution in [3.63, 3.8) is 0 Å². The maximum atomic E-state index is 12.8. The highest BCUT2D eigenvalue weighted by molar-refractivity contribution is 5.71. The Kier molecular flexibility index (Phi) is 51.3. The predicted octanol–water partition coefficient (Wildman–Crippen LogP) is 18.4. The van der Waals surface area contributed by atoms with Crippen LogP contribution in [-0.2, 0) is 28.6 Å². The van der Waals surface area contributed by atoms with Crippen LogP contribution >= 0.6 is 0 Å². The topological polar surface area (TPSA) is 78.9 Å². The molecular formula is C59H104O6. The fourth-order valence-corrected chi connectivity index (χ4v) is 7.89. The van der Waals surface area contributed by atoms with Crippen molar-refractivity contribution < 1.29 is 28.6 Å². The second-order valence-corrected chi connectivity index (χ2v) is 18.5. The van der Waals surface area contributed by atoms with Crippen molar-refractivity contribution in [2.24, 2.45) is 0 Å². The summed E-state index contributed by atoms with van der Waals surface area (Å²) in [5, 5.41) is 0. The molecule has 0 bridgehead atoms. The summed E-state index contributed by atoms with van der Waals surface area (Å²) in [6.45, 7) is 6.51. The molecule has 0 aromatic carbocycles. The quantitative estimate of drug-likeness (QED) is 0.0199. The van der Waals surface area contributed by atoms with Gasteiger partial charge >= 0.3 is 17.9 Å². The van der Waals surface area contributed by atoms with Crippen molar-refractivity contribution in [2.45, 2.75) is 284 Å². The summed E-state index contributed by atoms with van der Waals surface area (Å²) in [6, 6.07) is 0. The fourth-order valence-electron chi connectivity index (χ4n) is 7.89. The Labute approximate surface area is 402 Å². The minimum absolute atomic E-state index is 0.0865. The zero-order chi connectivity index (χ0) is 47.2. The molecule has 0 fully saturated rings. The van der Waals surface area contributed by atoms with Crippen molar-refractivity contribution in [1.82, 2.24) is 0 Å². The third-order valence-corrected chi connectivity index (χ3v) is 12.1. The van der Waals surface area contributed by atoms with Crippen LogP contribution in [-0.4, -0.2) is 37.2 Å². The highest BCUT2D eigenvalue weighted by Crippen LogP contribution is 2.16. The number of hydrogen-bond donors (Lipinski definition) is 0. The SMILES string of the molecule is CC/C=C\C/C=C\CCCCCCCC(=O)OCC(COC(=O)CCCCCCC\C=C/C=C\C=C/CCCCCCC)OC(=O)CCCCCCCCCCCCCCCCCCC. The number of carbonyl (C=O) groups excluding carboxylic acids is 3. The molecule has 6 heteroatoms. The fraction of sp³-hybridized carbons (Fsp3) is 0.780. The van der Waals surface area contributed by atoms with Crippen LogP contribution in [0.3, 0.4) is 0 Å². The van der Waals surface area contributed by atoms with Gasteiger partial charge in [-0.1, -0.05) is 248 Å². The van der Waals surface area contributed by atoms with Crippen molar-refractivity contribution >= 4 is 17.9 Å². The highest BCUT2D eigenvalue weighted by Gasteiger charge is 2.19. The van der Waals surface area contributed by atoms with Crippen LogP contribution < -0.4 is 0 Å². The zero-order valence-corrected chi connectivity index (χ0v) is 43.0. The molecule has 0 aliphatic carbocycles. The van der Waals surface area contributed by atoms with E-state index in [1.54, 1.807) is 0 Å². The van der Waals surface area contributed by atoms with Gasteiger partial charge < -0.3 is 14.2 Å². The highest BCUT2D eigenvalue weighted by atomic mass is 16.6. The van der Waals surface area contributed by atoms with Gasteiger partial charge in [-0.05, 0) is 70.6 Å². The van der Waals surface area contributed by atoms with Gasteiger partial charge in [-0.25, -0.2) is 0 Å². The number of carbonyl (C=O) groups is 3. The Morgan fingerprint density at radius 3 is 1.05 bits per heavy atom. The molecule has 0 radical (unpaired) electrons. The van der Waals surface area contributed by atoms with E-state index in [2.05, 4.69) is 81.5 Å². The molecule has 1 atom stereocenters. The molecule has 65 heavy (non-hydrogen) atoms. The van der Waals surface area contributed by atoms with Crippen molar-refractivity contribution in [2.75, 3.05) is 13.2 Å². The molecule has 0 aliphatic rings. The van der Waals surface area contributed by atoms with Crippen LogP contribution in [0.4, 0.5) is 0 Å². The Bertz CT molecular complexity index is 1180. The first-order chi connectivity index (χ1) is 32.0. The molecule has 0 saturated heterocycles. The Morgan fingerprint density at radius 1 is 0.338 bits per heavy atom. The van der Waals surface area contributed by atoms with Crippen LogP contribution in [0.25, 0.3) is 0 Å². The van der Waals surface area contributed by atoms with Gasteiger partial charge in [-0.3, -0.25) is 14.4 Å². The molecular weight excluding hydrogens is 805 g/mol. The van der Waals surface area contributed by atoms with Gasteiger partial charge in [0.25, 0.3) is 0 Å². The van der Waals surface area contributed by atoms with Gasteiger partial charge in [0.15, 0.2) is 6.10 Å². The predicted molar refractivity (Wildman–Crippen MR) is 279 cm³/mol. The molecule has 0 spiro atoms. The average molecular weight is 909 g/mol. The normalized spacial score (nSPS) is 12.5. The van der Waals surface area contributed by atoms with Crippen molar-refractivity contribution in [3.8, 4) is 0 Å².